The Morgan fingerprint density at radius 2 is 1.54 bits per heavy atom. The van der Waals surface area contributed by atoms with Crippen LogP contribution in [0, 0.1) is 0 Å². The molecule has 0 radical (unpaired) electrons. The van der Waals surface area contributed by atoms with Crippen molar-refractivity contribution >= 4 is 23.7 Å². The Labute approximate surface area is 203 Å². The number of carbonyl (C=O) groups excluding carboxylic acids is 2. The highest BCUT2D eigenvalue weighted by Gasteiger charge is 2.38. The molecule has 2 aromatic carbocycles. The van der Waals surface area contributed by atoms with Crippen LogP contribution in [0.4, 0.5) is 10.5 Å². The molecule has 0 bridgehead atoms. The van der Waals surface area contributed by atoms with Gasteiger partial charge in [0.15, 0.2) is 0 Å². The van der Waals surface area contributed by atoms with Crippen molar-refractivity contribution in [2.24, 2.45) is 0 Å². The topological polar surface area (TPSA) is 118 Å². The number of amides is 2. The van der Waals surface area contributed by atoms with Gasteiger partial charge in [-0.1, -0.05) is 62.4 Å². The smallest absolute Gasteiger partial charge is 0.408 e. The lowest BCUT2D eigenvalue weighted by molar-refractivity contribution is -0.122. The molecule has 4 rings (SSSR count). The van der Waals surface area contributed by atoms with Gasteiger partial charge in [0.05, 0.1) is 11.9 Å². The van der Waals surface area contributed by atoms with Crippen molar-refractivity contribution in [3.05, 3.63) is 83.7 Å². The largest absolute Gasteiger partial charge is 0.477 e. The van der Waals surface area contributed by atoms with E-state index < -0.39 is 23.5 Å². The molecule has 0 unspecified atom stereocenters. The van der Waals surface area contributed by atoms with E-state index >= 15 is 0 Å². The number of pyridine rings is 1. The summed E-state index contributed by atoms with van der Waals surface area (Å²) in [5.41, 5.74) is 3.49. The van der Waals surface area contributed by atoms with Gasteiger partial charge in [-0.15, -0.1) is 0 Å². The van der Waals surface area contributed by atoms with Crippen LogP contribution in [0.1, 0.15) is 54.2 Å². The third-order valence-corrected chi connectivity index (χ3v) is 6.57. The number of carbonyl (C=O) groups is 3. The number of fused-ring (bicyclic) bond motifs is 3. The summed E-state index contributed by atoms with van der Waals surface area (Å²) in [7, 11) is 0. The first-order chi connectivity index (χ1) is 16.9. The maximum absolute atomic E-state index is 13.1. The molecule has 0 aliphatic heterocycles. The zero-order valence-corrected chi connectivity index (χ0v) is 19.6. The summed E-state index contributed by atoms with van der Waals surface area (Å²) in [4.78, 5) is 40.8. The van der Waals surface area contributed by atoms with Crippen LogP contribution in [0.15, 0.2) is 66.9 Å². The van der Waals surface area contributed by atoms with E-state index in [4.69, 9.17) is 9.84 Å². The maximum atomic E-state index is 13.1. The Morgan fingerprint density at radius 1 is 0.943 bits per heavy atom. The van der Waals surface area contributed by atoms with Gasteiger partial charge < -0.3 is 20.5 Å². The number of carboxylic acids is 1. The highest BCUT2D eigenvalue weighted by molar-refractivity contribution is 6.00. The van der Waals surface area contributed by atoms with E-state index in [9.17, 15) is 14.4 Å². The van der Waals surface area contributed by atoms with Crippen LogP contribution >= 0.6 is 0 Å². The Bertz CT molecular complexity index is 1210. The van der Waals surface area contributed by atoms with Crippen LogP contribution in [-0.4, -0.2) is 40.2 Å². The third kappa shape index (κ3) is 4.73. The van der Waals surface area contributed by atoms with Gasteiger partial charge in [0.2, 0.25) is 5.91 Å². The molecule has 8 heteroatoms. The standard InChI is InChI=1S/C27H27N3O5/c1-3-27(4-2,25(33)29-17-13-14-23(24(31)32)28-15-17)30-26(34)35-16-22-20-11-7-5-9-18(20)19-10-6-8-12-21(19)22/h5-15,22H,3-4,16H2,1-2H3,(H,29,33)(H,30,34)(H,31,32). The third-order valence-electron chi connectivity index (χ3n) is 6.57. The van der Waals surface area contributed by atoms with Crippen molar-refractivity contribution in [1.29, 1.82) is 0 Å². The van der Waals surface area contributed by atoms with Crippen LogP contribution in [0.5, 0.6) is 0 Å². The summed E-state index contributed by atoms with van der Waals surface area (Å²) in [6.07, 6.45) is 1.26. The number of alkyl carbamates (subject to hydrolysis) is 1. The number of nitrogens with zero attached hydrogens (tertiary/aromatic N) is 1. The fourth-order valence-electron chi connectivity index (χ4n) is 4.48. The number of aromatic carboxylic acids is 1. The predicted octanol–water partition coefficient (Wildman–Crippen LogP) is 4.82. The molecular weight excluding hydrogens is 446 g/mol. The molecule has 8 nitrogen and oxygen atoms in total. The first-order valence-electron chi connectivity index (χ1n) is 11.5. The van der Waals surface area contributed by atoms with E-state index in [0.717, 1.165) is 22.3 Å². The van der Waals surface area contributed by atoms with Gasteiger partial charge in [-0.25, -0.2) is 14.6 Å². The Kier molecular flexibility index (Phi) is 6.82. The molecular formula is C27H27N3O5. The summed E-state index contributed by atoms with van der Waals surface area (Å²) < 4.78 is 5.63. The number of hydrogen-bond donors (Lipinski definition) is 3. The molecule has 2 amide bonds. The molecule has 3 N–H and O–H groups in total. The summed E-state index contributed by atoms with van der Waals surface area (Å²) in [5.74, 6) is -1.67. The van der Waals surface area contributed by atoms with E-state index in [1.54, 1.807) is 13.8 Å². The molecule has 0 fully saturated rings. The molecule has 0 spiro atoms. The van der Waals surface area contributed by atoms with Gasteiger partial charge in [0.1, 0.15) is 17.8 Å². The molecule has 3 aromatic rings. The Balaban J connectivity index is 1.44. The van der Waals surface area contributed by atoms with Crippen molar-refractivity contribution in [3.8, 4) is 11.1 Å². The molecule has 0 saturated carbocycles. The average Bonchev–Trinajstić information content (AvgIpc) is 3.20. The monoisotopic (exact) mass is 473 g/mol. The number of anilines is 1. The molecule has 180 valence electrons. The number of rotatable bonds is 8. The number of ether oxygens (including phenoxy) is 1. The SMILES string of the molecule is CCC(CC)(NC(=O)OCC1c2ccccc2-c2ccccc21)C(=O)Nc1ccc(C(=O)O)nc1. The van der Waals surface area contributed by atoms with Gasteiger partial charge in [0.25, 0.3) is 0 Å². The Hall–Kier alpha value is -4.20. The fraction of sp³-hybridized carbons (Fsp3) is 0.259. The summed E-state index contributed by atoms with van der Waals surface area (Å²) in [6, 6.07) is 18.9. The average molecular weight is 474 g/mol. The second kappa shape index (κ2) is 9.97. The van der Waals surface area contributed by atoms with Crippen LogP contribution in [-0.2, 0) is 9.53 Å². The zero-order valence-electron chi connectivity index (χ0n) is 19.6. The molecule has 1 aliphatic rings. The first kappa shape index (κ1) is 23.9. The van der Waals surface area contributed by atoms with Gasteiger partial charge in [-0.3, -0.25) is 4.79 Å². The van der Waals surface area contributed by atoms with Gasteiger partial charge in [0, 0.05) is 5.92 Å². The normalized spacial score (nSPS) is 12.4. The van der Waals surface area contributed by atoms with E-state index in [1.807, 2.05) is 36.4 Å². The van der Waals surface area contributed by atoms with Crippen LogP contribution in [0.2, 0.25) is 0 Å². The zero-order chi connectivity index (χ0) is 25.0. The predicted molar refractivity (Wildman–Crippen MR) is 131 cm³/mol. The summed E-state index contributed by atoms with van der Waals surface area (Å²) in [5, 5.41) is 14.5. The van der Waals surface area contributed by atoms with Gasteiger partial charge in [-0.2, -0.15) is 0 Å². The van der Waals surface area contributed by atoms with Crippen molar-refractivity contribution in [1.82, 2.24) is 10.3 Å². The molecule has 1 aliphatic carbocycles. The molecule has 35 heavy (non-hydrogen) atoms. The van der Waals surface area contributed by atoms with E-state index in [2.05, 4.69) is 27.8 Å². The maximum Gasteiger partial charge on any atom is 0.408 e. The number of benzene rings is 2. The minimum Gasteiger partial charge on any atom is -0.477 e. The first-order valence-corrected chi connectivity index (χ1v) is 11.5. The number of carboxylic acid groups (broad SMARTS) is 1. The second-order valence-electron chi connectivity index (χ2n) is 8.43. The highest BCUT2D eigenvalue weighted by Crippen LogP contribution is 2.44. The van der Waals surface area contributed by atoms with E-state index in [-0.39, 0.29) is 18.2 Å². The van der Waals surface area contributed by atoms with Crippen molar-refractivity contribution < 1.29 is 24.2 Å². The van der Waals surface area contributed by atoms with Crippen LogP contribution < -0.4 is 10.6 Å². The van der Waals surface area contributed by atoms with Gasteiger partial charge in [-0.05, 0) is 47.2 Å². The number of aromatic nitrogens is 1. The lowest BCUT2D eigenvalue weighted by Crippen LogP contribution is -2.56. The second-order valence-corrected chi connectivity index (χ2v) is 8.43. The molecule has 0 atom stereocenters. The number of nitrogens with one attached hydrogen (secondary N) is 2. The van der Waals surface area contributed by atoms with Gasteiger partial charge >= 0.3 is 12.1 Å². The van der Waals surface area contributed by atoms with Crippen molar-refractivity contribution in [3.63, 3.8) is 0 Å². The van der Waals surface area contributed by atoms with Crippen LogP contribution in [0.25, 0.3) is 11.1 Å². The van der Waals surface area contributed by atoms with Crippen LogP contribution in [0.3, 0.4) is 0 Å². The lowest BCUT2D eigenvalue weighted by atomic mass is 9.91. The molecule has 0 saturated heterocycles. The minimum atomic E-state index is -1.20. The highest BCUT2D eigenvalue weighted by atomic mass is 16.5. The van der Waals surface area contributed by atoms with E-state index in [1.165, 1.54) is 18.3 Å². The summed E-state index contributed by atoms with van der Waals surface area (Å²) in [6.45, 7) is 3.75. The van der Waals surface area contributed by atoms with Crippen molar-refractivity contribution in [2.45, 2.75) is 38.1 Å². The molecule has 1 aromatic heterocycles. The lowest BCUT2D eigenvalue weighted by Gasteiger charge is -2.31. The summed E-state index contributed by atoms with van der Waals surface area (Å²) >= 11 is 0. The van der Waals surface area contributed by atoms with Crippen molar-refractivity contribution in [2.75, 3.05) is 11.9 Å². The quantitative estimate of drug-likeness (QED) is 0.432. The minimum absolute atomic E-state index is 0.0848. The molecule has 1 heterocycles. The fourth-order valence-corrected chi connectivity index (χ4v) is 4.48. The number of hydrogen-bond acceptors (Lipinski definition) is 5. The van der Waals surface area contributed by atoms with E-state index in [0.29, 0.717) is 18.5 Å². The Morgan fingerprint density at radius 3 is 2.06 bits per heavy atom.